The zero-order valence-electron chi connectivity index (χ0n) is 51.9. The van der Waals surface area contributed by atoms with E-state index in [2.05, 4.69) is 16.0 Å². The minimum absolute atomic E-state index is 0.850. The second-order valence-electron chi connectivity index (χ2n) is 24.6. The second kappa shape index (κ2) is 33.2. The number of carbonyl (C=O) groups is 3. The summed E-state index contributed by atoms with van der Waals surface area (Å²) in [7, 11) is 0. The number of nitrogens with one attached hydrogen (secondary N) is 3. The van der Waals surface area contributed by atoms with Gasteiger partial charge in [0.15, 0.2) is 50.3 Å². The number of rotatable bonds is 22. The van der Waals surface area contributed by atoms with Crippen molar-refractivity contribution in [2.24, 2.45) is 0 Å². The zero-order valence-corrected chi connectivity index (χ0v) is 51.9. The first-order valence-corrected chi connectivity index (χ1v) is 30.7. The Labute approximate surface area is 540 Å². The predicted molar refractivity (Wildman–Crippen MR) is 295 cm³/mol. The molecule has 0 aromatic heterocycles. The molecule has 8 heterocycles. The van der Waals surface area contributed by atoms with E-state index in [1.807, 2.05) is 0 Å². The van der Waals surface area contributed by atoms with Crippen LogP contribution in [0.3, 0.4) is 0 Å². The van der Waals surface area contributed by atoms with Crippen molar-refractivity contribution in [3.63, 3.8) is 0 Å². The van der Waals surface area contributed by atoms with Gasteiger partial charge in [0.2, 0.25) is 17.7 Å². The molecule has 0 saturated carbocycles. The fourth-order valence-electron chi connectivity index (χ4n) is 12.4. The maximum absolute atomic E-state index is 13.4. The average molecular weight is 1390 g/mol. The lowest BCUT2D eigenvalue weighted by Gasteiger charge is -2.52. The Balaban J connectivity index is 1.08. The molecule has 550 valence electrons. The van der Waals surface area contributed by atoms with Gasteiger partial charge in [-0.3, -0.25) is 14.4 Å². The van der Waals surface area contributed by atoms with Crippen molar-refractivity contribution < 1.29 is 188 Å². The minimum Gasteiger partial charge on any atom is -0.394 e. The Morgan fingerprint density at radius 3 is 1.06 bits per heavy atom. The summed E-state index contributed by atoms with van der Waals surface area (Å²) in [4.78, 5) is 39.1. The summed E-state index contributed by atoms with van der Waals surface area (Å²) in [5, 5.41) is 227. The molecule has 0 radical (unpaired) electrons. The second-order valence-corrected chi connectivity index (χ2v) is 24.6. The van der Waals surface area contributed by atoms with Crippen LogP contribution in [0.4, 0.5) is 0 Å². The molecular formula is C54H91N3O38. The number of aliphatic hydroxyl groups excluding tert-OH is 20. The lowest BCUT2D eigenvalue weighted by molar-refractivity contribution is -0.396. The molecule has 8 aliphatic heterocycles. The van der Waals surface area contributed by atoms with Gasteiger partial charge < -0.3 is 189 Å². The maximum Gasteiger partial charge on any atom is 0.217 e. The standard InChI is InChI=1S/C54H91N3O38/c1-12-26(65)33(72)38(77)50(82-12)93-44-25(57-17(6)64)49(89-21(10-61)42(44)91-54-46(37(76)30(69)19(8-59)87-54)95-52-40(79)35(74)28(67)14(3)84-52)92-43-24(56-16(5)63)47(80)85-22(31(43)70)11-81-48-23(55-15(4)62)32(71)41(20(9-60)88-48)90-53-45(36(75)29(68)18(7-58)86-53)94-51-39(78)34(73)27(66)13(2)83-51/h12-14,18-54,58-61,65-80H,7-11H2,1-6H3,(H,55,62)(H,56,63)(H,57,64)/t12-,13-,14-,18+,19+,20+,21+,22+,23+,24+,25+,26+,27+,28+,29-,30-,31-,32+,33+,34+,35+,36-,37-,38-,39-,40-,41+,42+,43+,44+,45+,46+,47-,48+,49-,50-,51-,52-,53-,54-/m0/s1. The third-order valence-electron chi connectivity index (χ3n) is 17.7. The molecule has 23 N–H and O–H groups in total. The van der Waals surface area contributed by atoms with Gasteiger partial charge >= 0.3 is 0 Å². The van der Waals surface area contributed by atoms with Gasteiger partial charge in [-0.05, 0) is 20.8 Å². The minimum atomic E-state index is -2.20. The molecule has 3 amide bonds. The van der Waals surface area contributed by atoms with Crippen molar-refractivity contribution in [2.45, 2.75) is 287 Å². The molecule has 8 rings (SSSR count). The Kier molecular flexibility index (Phi) is 27.2. The molecule has 0 bridgehead atoms. The van der Waals surface area contributed by atoms with Crippen LogP contribution in [-0.4, -0.2) is 398 Å². The first kappa shape index (κ1) is 77.7. The largest absolute Gasteiger partial charge is 0.394 e. The van der Waals surface area contributed by atoms with Crippen LogP contribution in [0.15, 0.2) is 0 Å². The fourth-order valence-corrected chi connectivity index (χ4v) is 12.4. The van der Waals surface area contributed by atoms with Crippen LogP contribution in [0.5, 0.6) is 0 Å². The molecule has 41 nitrogen and oxygen atoms in total. The van der Waals surface area contributed by atoms with E-state index in [1.165, 1.54) is 20.8 Å². The Morgan fingerprint density at radius 2 is 0.642 bits per heavy atom. The number of hydrogen-bond acceptors (Lipinski definition) is 38. The number of ether oxygens (including phenoxy) is 15. The summed E-state index contributed by atoms with van der Waals surface area (Å²) in [5.41, 5.74) is 0. The highest BCUT2D eigenvalue weighted by Crippen LogP contribution is 2.39. The zero-order chi connectivity index (χ0) is 70.1. The third-order valence-corrected chi connectivity index (χ3v) is 17.7. The summed E-state index contributed by atoms with van der Waals surface area (Å²) in [6.45, 7) is 1.74. The van der Waals surface area contributed by atoms with Crippen LogP contribution >= 0.6 is 0 Å². The van der Waals surface area contributed by atoms with E-state index in [0.29, 0.717) is 0 Å². The number of aliphatic hydroxyl groups is 20. The van der Waals surface area contributed by atoms with E-state index in [4.69, 9.17) is 71.1 Å². The van der Waals surface area contributed by atoms with Gasteiger partial charge in [0.25, 0.3) is 0 Å². The summed E-state index contributed by atoms with van der Waals surface area (Å²) >= 11 is 0. The highest BCUT2D eigenvalue weighted by molar-refractivity contribution is 5.74. The Morgan fingerprint density at radius 1 is 0.295 bits per heavy atom. The monoisotopic (exact) mass is 1390 g/mol. The van der Waals surface area contributed by atoms with Gasteiger partial charge in [0, 0.05) is 20.8 Å². The van der Waals surface area contributed by atoms with Crippen molar-refractivity contribution in [1.29, 1.82) is 0 Å². The van der Waals surface area contributed by atoms with Crippen LogP contribution in [0.25, 0.3) is 0 Å². The SMILES string of the molecule is CC(=O)N[C@@H]1[C@@H](O[C@@H]2O[C@H](CO)[C@@H](O[C@@H]3O[C@H](CO)[C@H](O)[C@H](O)[C@H]3O[C@@H]3O[C@@H](C)[C@@H](O)[C@@H](O)[C@@H]3O)[C@H](O[C@@H]3O[C@@H](C)[C@@H](O)[C@@H](O)[C@@H]3O)[C@H]2NC(C)=O)[C@@H](O)[C@@H](CO[C@@H]2O[C@H](CO)[C@@H](O[C@@H]3O[C@H](CO)[C@H](O)[C@H](O)[C@H]3O[C@@H]3O[C@@H](C)[C@@H](O)[C@@H](O)[C@@H]3O)[C@H](O)[C@H]2NC(C)=O)O[C@@H]1O. The molecular weight excluding hydrogens is 1300 g/mol. The first-order chi connectivity index (χ1) is 44.8. The van der Waals surface area contributed by atoms with Crippen molar-refractivity contribution in [3.8, 4) is 0 Å². The van der Waals surface area contributed by atoms with Gasteiger partial charge in [0.05, 0.1) is 51.3 Å². The maximum atomic E-state index is 13.4. The van der Waals surface area contributed by atoms with Gasteiger partial charge in [-0.2, -0.15) is 0 Å². The molecule has 0 unspecified atom stereocenters. The quantitative estimate of drug-likeness (QED) is 0.0479. The van der Waals surface area contributed by atoms with Crippen LogP contribution in [0.1, 0.15) is 41.5 Å². The molecule has 40 atom stereocenters. The molecule has 8 fully saturated rings. The van der Waals surface area contributed by atoms with E-state index in [-0.39, 0.29) is 0 Å². The molecule has 0 spiro atoms. The van der Waals surface area contributed by atoms with Crippen molar-refractivity contribution in [3.05, 3.63) is 0 Å². The lowest BCUT2D eigenvalue weighted by Crippen LogP contribution is -2.72. The van der Waals surface area contributed by atoms with E-state index in [1.54, 1.807) is 0 Å². The lowest BCUT2D eigenvalue weighted by atomic mass is 9.93. The van der Waals surface area contributed by atoms with Crippen molar-refractivity contribution in [1.82, 2.24) is 16.0 Å². The summed E-state index contributed by atoms with van der Waals surface area (Å²) in [5.74, 6) is -2.66. The topological polar surface area (TPSA) is 630 Å². The van der Waals surface area contributed by atoms with Gasteiger partial charge in [0.1, 0.15) is 177 Å². The average Bonchev–Trinajstić information content (AvgIpc) is 0.769. The van der Waals surface area contributed by atoms with Crippen molar-refractivity contribution in [2.75, 3.05) is 33.0 Å². The van der Waals surface area contributed by atoms with Crippen LogP contribution in [0.2, 0.25) is 0 Å². The summed E-state index contributed by atoms with van der Waals surface area (Å²) < 4.78 is 89.2. The van der Waals surface area contributed by atoms with Crippen molar-refractivity contribution >= 4 is 17.7 Å². The number of amides is 3. The molecule has 95 heavy (non-hydrogen) atoms. The van der Waals surface area contributed by atoms with Gasteiger partial charge in [-0.25, -0.2) is 0 Å². The molecule has 8 saturated heterocycles. The van der Waals surface area contributed by atoms with Gasteiger partial charge in [-0.15, -0.1) is 0 Å². The molecule has 41 heteroatoms. The summed E-state index contributed by atoms with van der Waals surface area (Å²) in [6, 6.07) is -5.51. The third kappa shape index (κ3) is 17.0. The normalized spacial score (nSPS) is 50.7. The van der Waals surface area contributed by atoms with Gasteiger partial charge in [-0.1, -0.05) is 0 Å². The van der Waals surface area contributed by atoms with E-state index in [0.717, 1.165) is 20.8 Å². The molecule has 0 aromatic rings. The Bertz CT molecular complexity index is 2460. The van der Waals surface area contributed by atoms with E-state index >= 15 is 0 Å². The highest BCUT2D eigenvalue weighted by Gasteiger charge is 2.60. The van der Waals surface area contributed by atoms with Crippen LogP contribution in [0, 0.1) is 0 Å². The number of hydrogen-bond donors (Lipinski definition) is 23. The summed E-state index contributed by atoms with van der Waals surface area (Å²) in [6.07, 6.45) is -69.7. The number of carbonyl (C=O) groups excluding carboxylic acids is 3. The smallest absolute Gasteiger partial charge is 0.217 e. The van der Waals surface area contributed by atoms with Crippen LogP contribution < -0.4 is 16.0 Å². The molecule has 8 aliphatic rings. The Hall–Kier alpha value is -2.99. The predicted octanol–water partition coefficient (Wildman–Crippen LogP) is -14.9. The van der Waals surface area contributed by atoms with E-state index in [9.17, 15) is 117 Å². The molecule has 0 aliphatic carbocycles. The highest BCUT2D eigenvalue weighted by atomic mass is 16.8. The van der Waals surface area contributed by atoms with E-state index < -0.39 is 296 Å². The fraction of sp³-hybridized carbons (Fsp3) is 0.944. The molecule has 0 aromatic carbocycles. The van der Waals surface area contributed by atoms with Crippen LogP contribution in [-0.2, 0) is 85.4 Å². The first-order valence-electron chi connectivity index (χ1n) is 30.7.